The van der Waals surface area contributed by atoms with Gasteiger partial charge < -0.3 is 15.5 Å². The van der Waals surface area contributed by atoms with Crippen molar-refractivity contribution in [3.05, 3.63) is 23.8 Å². The fourth-order valence-corrected chi connectivity index (χ4v) is 3.55. The van der Waals surface area contributed by atoms with Crippen molar-refractivity contribution in [1.29, 1.82) is 0 Å². The van der Waals surface area contributed by atoms with E-state index >= 15 is 0 Å². The summed E-state index contributed by atoms with van der Waals surface area (Å²) < 4.78 is 0. The summed E-state index contributed by atoms with van der Waals surface area (Å²) in [4.78, 5) is 16.1. The van der Waals surface area contributed by atoms with Gasteiger partial charge in [0, 0.05) is 38.6 Å². The van der Waals surface area contributed by atoms with Gasteiger partial charge in [0.1, 0.15) is 0 Å². The molecule has 104 valence electrons. The van der Waals surface area contributed by atoms with Gasteiger partial charge in [-0.05, 0) is 30.4 Å². The van der Waals surface area contributed by atoms with Gasteiger partial charge in [-0.3, -0.25) is 4.79 Å². The summed E-state index contributed by atoms with van der Waals surface area (Å²) in [6.45, 7) is 0. The molecule has 5 heteroatoms. The Labute approximate surface area is 118 Å². The van der Waals surface area contributed by atoms with Gasteiger partial charge in [-0.2, -0.15) is 11.8 Å². The lowest BCUT2D eigenvalue weighted by atomic mass is 10.1. The molecule has 1 unspecified atom stereocenters. The number of nitrogens with two attached hydrogens (primary N) is 1. The molecule has 0 saturated carbocycles. The number of benzene rings is 1. The molecule has 0 radical (unpaired) electrons. The molecule has 1 saturated heterocycles. The predicted molar refractivity (Wildman–Crippen MR) is 83.0 cm³/mol. The predicted octanol–water partition coefficient (Wildman–Crippen LogP) is 1.91. The van der Waals surface area contributed by atoms with Crippen molar-refractivity contribution < 1.29 is 4.79 Å². The second-order valence-corrected chi connectivity index (χ2v) is 6.25. The summed E-state index contributed by atoms with van der Waals surface area (Å²) >= 11 is 1.96. The van der Waals surface area contributed by atoms with E-state index < -0.39 is 0 Å². The van der Waals surface area contributed by atoms with Gasteiger partial charge in [0.25, 0.3) is 5.91 Å². The molecule has 1 atom stereocenters. The normalized spacial score (nSPS) is 18.4. The van der Waals surface area contributed by atoms with Gasteiger partial charge >= 0.3 is 0 Å². The van der Waals surface area contributed by atoms with Gasteiger partial charge in [-0.1, -0.05) is 0 Å². The van der Waals surface area contributed by atoms with Crippen molar-refractivity contribution in [3.63, 3.8) is 0 Å². The van der Waals surface area contributed by atoms with E-state index in [9.17, 15) is 4.79 Å². The third-order valence-electron chi connectivity index (χ3n) is 3.49. The Morgan fingerprint density at radius 2 is 2.11 bits per heavy atom. The summed E-state index contributed by atoms with van der Waals surface area (Å²) in [6, 6.07) is 6.00. The molecule has 0 aliphatic carbocycles. The number of rotatable bonds is 3. The quantitative estimate of drug-likeness (QED) is 0.859. The van der Waals surface area contributed by atoms with Gasteiger partial charge in [0.15, 0.2) is 0 Å². The van der Waals surface area contributed by atoms with E-state index in [4.69, 9.17) is 5.73 Å². The highest BCUT2D eigenvalue weighted by atomic mass is 32.2. The van der Waals surface area contributed by atoms with E-state index in [-0.39, 0.29) is 5.91 Å². The van der Waals surface area contributed by atoms with Crippen molar-refractivity contribution in [1.82, 2.24) is 4.90 Å². The largest absolute Gasteiger partial charge is 0.399 e. The van der Waals surface area contributed by atoms with Crippen molar-refractivity contribution in [2.45, 2.75) is 12.5 Å². The van der Waals surface area contributed by atoms with Gasteiger partial charge in [0.05, 0.1) is 11.3 Å². The number of carbonyl (C=O) groups excluding carboxylic acids is 1. The molecule has 19 heavy (non-hydrogen) atoms. The Morgan fingerprint density at radius 3 is 2.68 bits per heavy atom. The molecule has 0 aromatic heterocycles. The van der Waals surface area contributed by atoms with Gasteiger partial charge in [-0.25, -0.2) is 0 Å². The SMILES string of the molecule is CN(C)C(=O)c1ccc(N)cc1N(C)C1CCSC1. The number of hydrogen-bond acceptors (Lipinski definition) is 4. The van der Waals surface area contributed by atoms with Crippen LogP contribution in [0.2, 0.25) is 0 Å². The van der Waals surface area contributed by atoms with Crippen LogP contribution in [0.3, 0.4) is 0 Å². The molecule has 1 fully saturated rings. The number of amides is 1. The first kappa shape index (κ1) is 14.1. The Hall–Kier alpha value is -1.36. The molecule has 1 heterocycles. The van der Waals surface area contributed by atoms with Crippen molar-refractivity contribution in [2.24, 2.45) is 0 Å². The molecular formula is C14H21N3OS. The number of hydrogen-bond donors (Lipinski definition) is 1. The first-order valence-electron chi connectivity index (χ1n) is 6.42. The summed E-state index contributed by atoms with van der Waals surface area (Å²) in [5, 5.41) is 0. The minimum atomic E-state index is 0.0208. The molecule has 4 nitrogen and oxygen atoms in total. The molecule has 0 bridgehead atoms. The smallest absolute Gasteiger partial charge is 0.255 e. The first-order chi connectivity index (χ1) is 9.00. The molecule has 2 rings (SSSR count). The van der Waals surface area contributed by atoms with E-state index in [1.54, 1.807) is 25.1 Å². The van der Waals surface area contributed by atoms with Crippen LogP contribution in [0.25, 0.3) is 0 Å². The van der Waals surface area contributed by atoms with Crippen molar-refractivity contribution >= 4 is 29.0 Å². The Kier molecular flexibility index (Phi) is 4.24. The minimum absolute atomic E-state index is 0.0208. The van der Waals surface area contributed by atoms with Crippen LogP contribution in [0.15, 0.2) is 18.2 Å². The summed E-state index contributed by atoms with van der Waals surface area (Å²) in [6.07, 6.45) is 1.16. The summed E-state index contributed by atoms with van der Waals surface area (Å²) in [7, 11) is 5.60. The lowest BCUT2D eigenvalue weighted by molar-refractivity contribution is 0.0828. The first-order valence-corrected chi connectivity index (χ1v) is 7.58. The van der Waals surface area contributed by atoms with E-state index in [2.05, 4.69) is 11.9 Å². The van der Waals surface area contributed by atoms with Crippen LogP contribution in [-0.4, -0.2) is 49.5 Å². The van der Waals surface area contributed by atoms with Crippen LogP contribution in [0, 0.1) is 0 Å². The zero-order chi connectivity index (χ0) is 14.0. The highest BCUT2D eigenvalue weighted by Gasteiger charge is 2.24. The highest BCUT2D eigenvalue weighted by Crippen LogP contribution is 2.30. The van der Waals surface area contributed by atoms with Gasteiger partial charge in [-0.15, -0.1) is 0 Å². The zero-order valence-electron chi connectivity index (χ0n) is 11.7. The van der Waals surface area contributed by atoms with E-state index in [1.807, 2.05) is 23.9 Å². The lowest BCUT2D eigenvalue weighted by Gasteiger charge is -2.28. The molecule has 1 aliphatic heterocycles. The minimum Gasteiger partial charge on any atom is -0.399 e. The van der Waals surface area contributed by atoms with Crippen LogP contribution in [0.5, 0.6) is 0 Å². The third kappa shape index (κ3) is 2.97. The number of carbonyl (C=O) groups is 1. The van der Waals surface area contributed by atoms with Crippen molar-refractivity contribution in [2.75, 3.05) is 43.3 Å². The van der Waals surface area contributed by atoms with E-state index in [0.29, 0.717) is 11.7 Å². The van der Waals surface area contributed by atoms with Crippen LogP contribution < -0.4 is 10.6 Å². The van der Waals surface area contributed by atoms with Crippen LogP contribution >= 0.6 is 11.8 Å². The maximum Gasteiger partial charge on any atom is 0.255 e. The number of nitrogens with zero attached hydrogens (tertiary/aromatic N) is 2. The summed E-state index contributed by atoms with van der Waals surface area (Å²) in [5.74, 6) is 2.32. The summed E-state index contributed by atoms with van der Waals surface area (Å²) in [5.41, 5.74) is 8.24. The average molecular weight is 279 g/mol. The standard InChI is InChI=1S/C14H21N3OS/c1-16(2)14(18)12-5-4-10(15)8-13(12)17(3)11-6-7-19-9-11/h4-5,8,11H,6-7,9,15H2,1-3H3. The number of thioether (sulfide) groups is 1. The topological polar surface area (TPSA) is 49.6 Å². The number of anilines is 2. The van der Waals surface area contributed by atoms with E-state index in [0.717, 1.165) is 23.4 Å². The number of nitrogen functional groups attached to an aromatic ring is 1. The van der Waals surface area contributed by atoms with Crippen molar-refractivity contribution in [3.8, 4) is 0 Å². The van der Waals surface area contributed by atoms with Gasteiger partial charge in [0.2, 0.25) is 0 Å². The van der Waals surface area contributed by atoms with Crippen LogP contribution in [-0.2, 0) is 0 Å². The molecule has 1 amide bonds. The lowest BCUT2D eigenvalue weighted by Crippen LogP contribution is -2.34. The second kappa shape index (κ2) is 5.74. The van der Waals surface area contributed by atoms with E-state index in [1.165, 1.54) is 5.75 Å². The molecule has 2 N–H and O–H groups in total. The Morgan fingerprint density at radius 1 is 1.37 bits per heavy atom. The molecule has 1 aliphatic rings. The monoisotopic (exact) mass is 279 g/mol. The van der Waals surface area contributed by atoms with Crippen LogP contribution in [0.1, 0.15) is 16.8 Å². The highest BCUT2D eigenvalue weighted by molar-refractivity contribution is 7.99. The molecule has 0 spiro atoms. The maximum atomic E-state index is 12.2. The second-order valence-electron chi connectivity index (χ2n) is 5.10. The zero-order valence-corrected chi connectivity index (χ0v) is 12.5. The maximum absolute atomic E-state index is 12.2. The fraction of sp³-hybridized carbons (Fsp3) is 0.500. The molecular weight excluding hydrogens is 258 g/mol. The average Bonchev–Trinajstić information content (AvgIpc) is 2.90. The molecule has 1 aromatic carbocycles. The Balaban J connectivity index is 2.36. The van der Waals surface area contributed by atoms with Crippen LogP contribution in [0.4, 0.5) is 11.4 Å². The third-order valence-corrected chi connectivity index (χ3v) is 4.64. The Bertz CT molecular complexity index is 470. The fourth-order valence-electron chi connectivity index (χ4n) is 2.29. The molecule has 1 aromatic rings.